The second kappa shape index (κ2) is 8.75. The van der Waals surface area contributed by atoms with Crippen LogP contribution in [0.25, 0.3) is 6.08 Å². The van der Waals surface area contributed by atoms with E-state index in [9.17, 15) is 18.4 Å². The Morgan fingerprint density at radius 1 is 1.04 bits per heavy atom. The van der Waals surface area contributed by atoms with Crippen LogP contribution in [0.5, 0.6) is 17.2 Å². The molecule has 0 aliphatic carbocycles. The van der Waals surface area contributed by atoms with Crippen molar-refractivity contribution in [3.8, 4) is 17.2 Å². The predicted molar refractivity (Wildman–Crippen MR) is 90.7 cm³/mol. The molecule has 26 heavy (non-hydrogen) atoms. The second-order valence-corrected chi connectivity index (χ2v) is 5.12. The molecule has 2 aromatic rings. The molecule has 0 aromatic heterocycles. The fourth-order valence-corrected chi connectivity index (χ4v) is 2.04. The largest absolute Gasteiger partial charge is 0.493 e. The molecule has 0 aliphatic rings. The minimum Gasteiger partial charge on any atom is -0.493 e. The first-order chi connectivity index (χ1) is 12.4. The van der Waals surface area contributed by atoms with Gasteiger partial charge in [0.25, 0.3) is 0 Å². The van der Waals surface area contributed by atoms with Gasteiger partial charge in [-0.15, -0.1) is 0 Å². The quantitative estimate of drug-likeness (QED) is 0.321. The molecular weight excluding hydrogens is 346 g/mol. The highest BCUT2D eigenvalue weighted by atomic mass is 19.3. The molecule has 0 saturated heterocycles. The first-order valence-corrected chi connectivity index (χ1v) is 7.53. The van der Waals surface area contributed by atoms with Gasteiger partial charge in [-0.05, 0) is 48.9 Å². The van der Waals surface area contributed by atoms with Crippen molar-refractivity contribution in [1.82, 2.24) is 0 Å². The fourth-order valence-electron chi connectivity index (χ4n) is 2.04. The summed E-state index contributed by atoms with van der Waals surface area (Å²) in [5.41, 5.74) is 1.03. The van der Waals surface area contributed by atoms with Gasteiger partial charge in [-0.1, -0.05) is 12.1 Å². The van der Waals surface area contributed by atoms with Gasteiger partial charge >= 0.3 is 12.6 Å². The van der Waals surface area contributed by atoms with Crippen LogP contribution in [0.15, 0.2) is 48.5 Å². The number of ether oxygens (including phenoxy) is 3. The van der Waals surface area contributed by atoms with E-state index in [4.69, 9.17) is 9.47 Å². The van der Waals surface area contributed by atoms with Gasteiger partial charge in [0.1, 0.15) is 5.75 Å². The number of rotatable bonds is 7. The SMILES string of the molecule is COc1cc(C(C)=O)ccc1OC(=O)/C=C/c1ccc(OC(F)F)cc1. The Labute approximate surface area is 148 Å². The Morgan fingerprint density at radius 3 is 2.31 bits per heavy atom. The minimum atomic E-state index is -2.89. The third-order valence-corrected chi connectivity index (χ3v) is 3.30. The van der Waals surface area contributed by atoms with Gasteiger partial charge in [-0.3, -0.25) is 4.79 Å². The predicted octanol–water partition coefficient (Wildman–Crippen LogP) is 4.12. The summed E-state index contributed by atoms with van der Waals surface area (Å²) in [4.78, 5) is 23.3. The van der Waals surface area contributed by atoms with Gasteiger partial charge in [0, 0.05) is 11.6 Å². The molecular formula is C19H16F2O5. The zero-order valence-corrected chi connectivity index (χ0v) is 14.1. The number of Topliss-reactive ketones (excluding diaryl/α,β-unsaturated/α-hetero) is 1. The molecule has 2 aromatic carbocycles. The van der Waals surface area contributed by atoms with Crippen LogP contribution in [0, 0.1) is 0 Å². The number of halogens is 2. The summed E-state index contributed by atoms with van der Waals surface area (Å²) >= 11 is 0. The molecule has 2 rings (SSSR count). The number of methoxy groups -OCH3 is 1. The maximum Gasteiger partial charge on any atom is 0.387 e. The van der Waals surface area contributed by atoms with E-state index in [0.29, 0.717) is 11.1 Å². The second-order valence-electron chi connectivity index (χ2n) is 5.12. The first kappa shape index (κ1) is 19.1. The Morgan fingerprint density at radius 2 is 1.73 bits per heavy atom. The van der Waals surface area contributed by atoms with Crippen molar-refractivity contribution in [2.45, 2.75) is 13.5 Å². The standard InChI is InChI=1S/C19H16F2O5/c1-12(22)14-6-9-16(17(11-14)24-2)26-18(23)10-5-13-3-7-15(8-4-13)25-19(20)21/h3-11,19H,1-2H3/b10-5+. The van der Waals surface area contributed by atoms with E-state index in [1.807, 2.05) is 0 Å². The number of carbonyl (C=O) groups excluding carboxylic acids is 2. The third-order valence-electron chi connectivity index (χ3n) is 3.30. The molecule has 0 spiro atoms. The molecule has 0 aliphatic heterocycles. The van der Waals surface area contributed by atoms with Gasteiger partial charge in [-0.2, -0.15) is 8.78 Å². The third kappa shape index (κ3) is 5.41. The molecule has 0 heterocycles. The zero-order chi connectivity index (χ0) is 19.1. The topological polar surface area (TPSA) is 61.8 Å². The van der Waals surface area contributed by atoms with E-state index >= 15 is 0 Å². The number of carbonyl (C=O) groups is 2. The van der Waals surface area contributed by atoms with Crippen molar-refractivity contribution in [1.29, 1.82) is 0 Å². The molecule has 7 heteroatoms. The van der Waals surface area contributed by atoms with Crippen molar-refractivity contribution in [2.75, 3.05) is 7.11 Å². The van der Waals surface area contributed by atoms with Crippen molar-refractivity contribution in [3.63, 3.8) is 0 Å². The van der Waals surface area contributed by atoms with Crippen LogP contribution in [0.1, 0.15) is 22.8 Å². The van der Waals surface area contributed by atoms with Crippen molar-refractivity contribution >= 4 is 17.8 Å². The molecule has 0 fully saturated rings. The first-order valence-electron chi connectivity index (χ1n) is 7.53. The normalized spacial score (nSPS) is 10.8. The average molecular weight is 362 g/mol. The van der Waals surface area contributed by atoms with E-state index in [1.54, 1.807) is 0 Å². The lowest BCUT2D eigenvalue weighted by Gasteiger charge is -2.09. The maximum absolute atomic E-state index is 12.1. The van der Waals surface area contributed by atoms with Crippen molar-refractivity contribution in [2.24, 2.45) is 0 Å². The molecule has 0 atom stereocenters. The van der Waals surface area contributed by atoms with Crippen molar-refractivity contribution < 1.29 is 32.6 Å². The van der Waals surface area contributed by atoms with Crippen LogP contribution in [-0.4, -0.2) is 25.5 Å². The molecule has 136 valence electrons. The summed E-state index contributed by atoms with van der Waals surface area (Å²) < 4.78 is 38.7. The Bertz CT molecular complexity index is 813. The van der Waals surface area contributed by atoms with E-state index in [-0.39, 0.29) is 23.0 Å². The molecule has 5 nitrogen and oxygen atoms in total. The maximum atomic E-state index is 12.1. The van der Waals surface area contributed by atoms with Gasteiger partial charge in [-0.25, -0.2) is 4.79 Å². The van der Waals surface area contributed by atoms with Crippen LogP contribution in [-0.2, 0) is 4.79 Å². The van der Waals surface area contributed by atoms with Crippen LogP contribution in [0.4, 0.5) is 8.78 Å². The number of esters is 1. The van der Waals surface area contributed by atoms with Crippen LogP contribution in [0.3, 0.4) is 0 Å². The molecule has 0 N–H and O–H groups in total. The van der Waals surface area contributed by atoms with Crippen LogP contribution in [0.2, 0.25) is 0 Å². The lowest BCUT2D eigenvalue weighted by Crippen LogP contribution is -2.05. The monoisotopic (exact) mass is 362 g/mol. The molecule has 0 radical (unpaired) electrons. The average Bonchev–Trinajstić information content (AvgIpc) is 2.60. The number of ketones is 1. The van der Waals surface area contributed by atoms with Crippen LogP contribution >= 0.6 is 0 Å². The van der Waals surface area contributed by atoms with E-state index in [0.717, 1.165) is 0 Å². The highest BCUT2D eigenvalue weighted by Gasteiger charge is 2.11. The molecule has 0 unspecified atom stereocenters. The highest BCUT2D eigenvalue weighted by Crippen LogP contribution is 2.28. The minimum absolute atomic E-state index is 0.0232. The lowest BCUT2D eigenvalue weighted by molar-refractivity contribution is -0.129. The number of benzene rings is 2. The van der Waals surface area contributed by atoms with Crippen LogP contribution < -0.4 is 14.2 Å². The summed E-state index contributed by atoms with van der Waals surface area (Å²) in [7, 11) is 1.40. The Hall–Kier alpha value is -3.22. The highest BCUT2D eigenvalue weighted by molar-refractivity contribution is 5.95. The Balaban J connectivity index is 2.04. The van der Waals surface area contributed by atoms with Gasteiger partial charge in [0.15, 0.2) is 17.3 Å². The molecule has 0 bridgehead atoms. The molecule has 0 amide bonds. The number of hydrogen-bond acceptors (Lipinski definition) is 5. The lowest BCUT2D eigenvalue weighted by atomic mass is 10.1. The Kier molecular flexibility index (Phi) is 6.43. The number of alkyl halides is 2. The summed E-state index contributed by atoms with van der Waals surface area (Å²) in [6, 6.07) is 10.2. The summed E-state index contributed by atoms with van der Waals surface area (Å²) in [5, 5.41) is 0. The fraction of sp³-hybridized carbons (Fsp3) is 0.158. The number of hydrogen-bond donors (Lipinski definition) is 0. The summed E-state index contributed by atoms with van der Waals surface area (Å²) in [6.07, 6.45) is 2.65. The van der Waals surface area contributed by atoms with Gasteiger partial charge < -0.3 is 14.2 Å². The van der Waals surface area contributed by atoms with E-state index in [1.165, 1.54) is 68.7 Å². The van der Waals surface area contributed by atoms with Crippen molar-refractivity contribution in [3.05, 3.63) is 59.7 Å². The van der Waals surface area contributed by atoms with E-state index in [2.05, 4.69) is 4.74 Å². The van der Waals surface area contributed by atoms with Gasteiger partial charge in [0.05, 0.1) is 7.11 Å². The molecule has 0 saturated carbocycles. The smallest absolute Gasteiger partial charge is 0.387 e. The summed E-state index contributed by atoms with van der Waals surface area (Å²) in [6.45, 7) is -1.48. The zero-order valence-electron chi connectivity index (χ0n) is 14.1. The summed E-state index contributed by atoms with van der Waals surface area (Å²) in [5.74, 6) is -0.345. The van der Waals surface area contributed by atoms with Gasteiger partial charge in [0.2, 0.25) is 0 Å². The van der Waals surface area contributed by atoms with E-state index < -0.39 is 12.6 Å².